The third kappa shape index (κ3) is 2.66. The van der Waals surface area contributed by atoms with E-state index < -0.39 is 12.0 Å². The molecule has 0 aliphatic carbocycles. The zero-order valence-electron chi connectivity index (χ0n) is 12.8. The van der Waals surface area contributed by atoms with Crippen molar-refractivity contribution in [3.05, 3.63) is 52.6 Å². The van der Waals surface area contributed by atoms with Crippen molar-refractivity contribution >= 4 is 27.5 Å². The molecule has 0 radical (unpaired) electrons. The number of carbonyl (C=O) groups is 1. The van der Waals surface area contributed by atoms with Gasteiger partial charge in [-0.05, 0) is 18.6 Å². The Morgan fingerprint density at radius 3 is 2.65 bits per heavy atom. The highest BCUT2D eigenvalue weighted by molar-refractivity contribution is 7.21. The molecule has 1 atom stereocenters. The van der Waals surface area contributed by atoms with Gasteiger partial charge in [0.05, 0.1) is 5.39 Å². The summed E-state index contributed by atoms with van der Waals surface area (Å²) in [4.78, 5) is 30.2. The molecule has 0 bridgehead atoms. The van der Waals surface area contributed by atoms with E-state index >= 15 is 0 Å². The Morgan fingerprint density at radius 1 is 1.35 bits per heavy atom. The van der Waals surface area contributed by atoms with E-state index in [4.69, 9.17) is 0 Å². The molecular weight excluding hydrogens is 312 g/mol. The van der Waals surface area contributed by atoms with Crippen LogP contribution in [0.25, 0.3) is 20.7 Å². The first-order chi connectivity index (χ1) is 11.0. The summed E-state index contributed by atoms with van der Waals surface area (Å²) in [5.41, 5.74) is 0.728. The molecule has 0 fully saturated rings. The number of hydrogen-bond acceptors (Lipinski definition) is 4. The third-order valence-electron chi connectivity index (χ3n) is 3.79. The Hall–Kier alpha value is -2.47. The third-order valence-corrected chi connectivity index (χ3v) is 4.87. The van der Waals surface area contributed by atoms with Gasteiger partial charge in [-0.3, -0.25) is 9.36 Å². The number of aryl methyl sites for hydroxylation is 1. The number of fused-ring (bicyclic) bond motifs is 1. The second-order valence-corrected chi connectivity index (χ2v) is 6.30. The summed E-state index contributed by atoms with van der Waals surface area (Å²) in [6.07, 6.45) is 0.501. The van der Waals surface area contributed by atoms with Crippen molar-refractivity contribution in [3.8, 4) is 10.4 Å². The van der Waals surface area contributed by atoms with E-state index in [1.165, 1.54) is 22.8 Å². The molecule has 1 N–H and O–H groups in total. The molecule has 6 heteroatoms. The molecule has 2 aromatic heterocycles. The molecule has 118 valence electrons. The fourth-order valence-corrected chi connectivity index (χ4v) is 3.59. The molecule has 3 rings (SSSR count). The molecule has 0 amide bonds. The second-order valence-electron chi connectivity index (χ2n) is 5.27. The van der Waals surface area contributed by atoms with Crippen LogP contribution in [0, 0.1) is 0 Å². The minimum Gasteiger partial charge on any atom is -0.480 e. The minimum atomic E-state index is -1.04. The number of carboxylic acid groups (broad SMARTS) is 1. The first-order valence-corrected chi connectivity index (χ1v) is 8.17. The van der Waals surface area contributed by atoms with E-state index in [-0.39, 0.29) is 5.56 Å². The average molecular weight is 328 g/mol. The van der Waals surface area contributed by atoms with Crippen molar-refractivity contribution in [1.29, 1.82) is 0 Å². The molecule has 1 unspecified atom stereocenters. The number of benzene rings is 1. The Balaban J connectivity index is 2.26. The normalized spacial score (nSPS) is 12.4. The standard InChI is InChI=1S/C17H16N2O3S/c1-3-14-18-15-12(16(20)19(14)10(2)17(21)22)9-13(23-15)11-7-5-4-6-8-11/h4-10H,3H2,1-2H3,(H,21,22). The Bertz CT molecular complexity index is 928. The van der Waals surface area contributed by atoms with Crippen molar-refractivity contribution in [1.82, 2.24) is 9.55 Å². The van der Waals surface area contributed by atoms with E-state index in [9.17, 15) is 14.7 Å². The lowest BCUT2D eigenvalue weighted by atomic mass is 10.2. The van der Waals surface area contributed by atoms with Gasteiger partial charge in [0.2, 0.25) is 0 Å². The largest absolute Gasteiger partial charge is 0.480 e. The van der Waals surface area contributed by atoms with E-state index in [0.29, 0.717) is 22.5 Å². The van der Waals surface area contributed by atoms with E-state index in [1.807, 2.05) is 37.3 Å². The van der Waals surface area contributed by atoms with E-state index in [2.05, 4.69) is 4.98 Å². The Morgan fingerprint density at radius 2 is 2.04 bits per heavy atom. The molecular formula is C17H16N2O3S. The zero-order valence-corrected chi connectivity index (χ0v) is 13.6. The summed E-state index contributed by atoms with van der Waals surface area (Å²) in [5.74, 6) is -0.541. The van der Waals surface area contributed by atoms with Crippen molar-refractivity contribution in [2.45, 2.75) is 26.3 Å². The van der Waals surface area contributed by atoms with Crippen LogP contribution in [-0.2, 0) is 11.2 Å². The zero-order chi connectivity index (χ0) is 16.6. The summed E-state index contributed by atoms with van der Waals surface area (Å²) in [6, 6.07) is 10.6. The maximum Gasteiger partial charge on any atom is 0.326 e. The van der Waals surface area contributed by atoms with Crippen LogP contribution in [0.1, 0.15) is 25.7 Å². The van der Waals surface area contributed by atoms with Crippen LogP contribution < -0.4 is 5.56 Å². The van der Waals surface area contributed by atoms with Crippen LogP contribution in [-0.4, -0.2) is 20.6 Å². The number of hydrogen-bond donors (Lipinski definition) is 1. The van der Waals surface area contributed by atoms with Crippen LogP contribution in [0.3, 0.4) is 0 Å². The van der Waals surface area contributed by atoms with Crippen molar-refractivity contribution in [3.63, 3.8) is 0 Å². The Kier molecular flexibility index (Phi) is 4.00. The highest BCUT2D eigenvalue weighted by Crippen LogP contribution is 2.31. The lowest BCUT2D eigenvalue weighted by Crippen LogP contribution is -2.31. The Labute approximate surface area is 136 Å². The van der Waals surface area contributed by atoms with Crippen molar-refractivity contribution in [2.24, 2.45) is 0 Å². The second kappa shape index (κ2) is 5.96. The molecule has 0 aliphatic heterocycles. The molecule has 3 aromatic rings. The number of aromatic nitrogens is 2. The summed E-state index contributed by atoms with van der Waals surface area (Å²) in [5, 5.41) is 9.72. The molecule has 0 aliphatic rings. The van der Waals surface area contributed by atoms with Crippen molar-refractivity contribution < 1.29 is 9.90 Å². The number of rotatable bonds is 4. The van der Waals surface area contributed by atoms with Crippen LogP contribution in [0.5, 0.6) is 0 Å². The topological polar surface area (TPSA) is 72.2 Å². The van der Waals surface area contributed by atoms with Crippen LogP contribution in [0.4, 0.5) is 0 Å². The van der Waals surface area contributed by atoms with Gasteiger partial charge in [-0.1, -0.05) is 37.3 Å². The van der Waals surface area contributed by atoms with Crippen LogP contribution in [0.2, 0.25) is 0 Å². The van der Waals surface area contributed by atoms with Crippen molar-refractivity contribution in [2.75, 3.05) is 0 Å². The van der Waals surface area contributed by atoms with Gasteiger partial charge in [-0.25, -0.2) is 9.78 Å². The fourth-order valence-electron chi connectivity index (χ4n) is 2.54. The fraction of sp³-hybridized carbons (Fsp3) is 0.235. The predicted molar refractivity (Wildman–Crippen MR) is 91.0 cm³/mol. The number of nitrogens with zero attached hydrogens (tertiary/aromatic N) is 2. The SMILES string of the molecule is CCc1nc2sc(-c3ccccc3)cc2c(=O)n1C(C)C(=O)O. The van der Waals surface area contributed by atoms with Gasteiger partial charge >= 0.3 is 5.97 Å². The van der Waals surface area contributed by atoms with E-state index in [1.54, 1.807) is 6.07 Å². The van der Waals surface area contributed by atoms with Gasteiger partial charge in [0.15, 0.2) is 0 Å². The summed E-state index contributed by atoms with van der Waals surface area (Å²) < 4.78 is 1.28. The average Bonchev–Trinajstić information content (AvgIpc) is 2.99. The quantitative estimate of drug-likeness (QED) is 0.797. The molecule has 5 nitrogen and oxygen atoms in total. The van der Waals surface area contributed by atoms with Crippen LogP contribution >= 0.6 is 11.3 Å². The molecule has 23 heavy (non-hydrogen) atoms. The molecule has 0 saturated heterocycles. The monoisotopic (exact) mass is 328 g/mol. The summed E-state index contributed by atoms with van der Waals surface area (Å²) in [7, 11) is 0. The lowest BCUT2D eigenvalue weighted by Gasteiger charge is -2.14. The van der Waals surface area contributed by atoms with E-state index in [0.717, 1.165) is 10.4 Å². The smallest absolute Gasteiger partial charge is 0.326 e. The van der Waals surface area contributed by atoms with Gasteiger partial charge in [0.25, 0.3) is 5.56 Å². The first-order valence-electron chi connectivity index (χ1n) is 7.36. The highest BCUT2D eigenvalue weighted by atomic mass is 32.1. The number of thiophene rings is 1. The maximum absolute atomic E-state index is 12.8. The maximum atomic E-state index is 12.8. The van der Waals surface area contributed by atoms with Gasteiger partial charge < -0.3 is 5.11 Å². The number of carboxylic acids is 1. The predicted octanol–water partition coefficient (Wildman–Crippen LogP) is 3.33. The molecule has 0 saturated carbocycles. The first kappa shape index (κ1) is 15.4. The molecule has 2 heterocycles. The minimum absolute atomic E-state index is 0.291. The summed E-state index contributed by atoms with van der Waals surface area (Å²) in [6.45, 7) is 3.37. The van der Waals surface area contributed by atoms with Gasteiger partial charge in [-0.15, -0.1) is 11.3 Å². The van der Waals surface area contributed by atoms with Gasteiger partial charge in [-0.2, -0.15) is 0 Å². The molecule has 1 aromatic carbocycles. The lowest BCUT2D eigenvalue weighted by molar-refractivity contribution is -0.140. The molecule has 0 spiro atoms. The highest BCUT2D eigenvalue weighted by Gasteiger charge is 2.21. The summed E-state index contributed by atoms with van der Waals surface area (Å²) >= 11 is 1.45. The van der Waals surface area contributed by atoms with Gasteiger partial charge in [0, 0.05) is 11.3 Å². The number of aliphatic carboxylic acids is 1. The van der Waals surface area contributed by atoms with Crippen LogP contribution in [0.15, 0.2) is 41.2 Å². The van der Waals surface area contributed by atoms with Gasteiger partial charge in [0.1, 0.15) is 16.7 Å².